The molecule has 3 aromatic rings. The van der Waals surface area contributed by atoms with E-state index in [0.717, 1.165) is 12.1 Å². The number of nitrogens with one attached hydrogen (secondary N) is 1. The third kappa shape index (κ3) is 5.53. The van der Waals surface area contributed by atoms with Gasteiger partial charge in [-0.05, 0) is 47.9 Å². The predicted octanol–water partition coefficient (Wildman–Crippen LogP) is 5.86. The van der Waals surface area contributed by atoms with Crippen LogP contribution in [0.2, 0.25) is 5.02 Å². The molecule has 2 unspecified atom stereocenters. The molecular formula is C26H21ClF4N2O2. The monoisotopic (exact) mass is 504 g/mol. The number of Topliss-reactive ketones (excluding diaryl/α,β-unsaturated/α-hetero) is 1. The lowest BCUT2D eigenvalue weighted by Gasteiger charge is -2.36. The quantitative estimate of drug-likeness (QED) is 0.427. The Kier molecular flexibility index (Phi) is 6.94. The van der Waals surface area contributed by atoms with Crippen LogP contribution in [0.3, 0.4) is 0 Å². The van der Waals surface area contributed by atoms with Crippen LogP contribution in [0.1, 0.15) is 41.6 Å². The molecule has 4 nitrogen and oxygen atoms in total. The number of hydrogen-bond donors (Lipinski definition) is 1. The Morgan fingerprint density at radius 2 is 1.77 bits per heavy atom. The second-order valence-electron chi connectivity index (χ2n) is 8.62. The molecule has 9 heteroatoms. The van der Waals surface area contributed by atoms with E-state index in [1.54, 1.807) is 30.3 Å². The zero-order valence-electron chi connectivity index (χ0n) is 18.4. The third-order valence-corrected chi connectivity index (χ3v) is 6.37. The standard InChI is InChI=1S/C26H21ClF4N2O2/c27-20-7-9-23(32-15-20)25(14-16-4-2-1-3-5-16,33-24(35)17-6-8-22(34)10-17)18-11-19(26(29,30)31)13-21(28)12-18/h1-5,7,9,11-13,15,17H,6,8,10,14H2,(H,33,35). The van der Waals surface area contributed by atoms with Crippen molar-refractivity contribution < 1.29 is 27.2 Å². The molecule has 2 aromatic carbocycles. The summed E-state index contributed by atoms with van der Waals surface area (Å²) in [6.07, 6.45) is -2.90. The van der Waals surface area contributed by atoms with Crippen molar-refractivity contribution >= 4 is 23.3 Å². The van der Waals surface area contributed by atoms with Gasteiger partial charge in [0.2, 0.25) is 5.91 Å². The number of carbonyl (C=O) groups excluding carboxylic acids is 2. The first kappa shape index (κ1) is 24.9. The van der Waals surface area contributed by atoms with Crippen LogP contribution in [0.15, 0.2) is 66.9 Å². The van der Waals surface area contributed by atoms with Gasteiger partial charge in [0, 0.05) is 31.4 Å². The minimum Gasteiger partial charge on any atom is -0.340 e. The minimum atomic E-state index is -4.81. The number of amides is 1. The highest BCUT2D eigenvalue weighted by Crippen LogP contribution is 2.38. The lowest BCUT2D eigenvalue weighted by molar-refractivity contribution is -0.137. The average Bonchev–Trinajstić information content (AvgIpc) is 3.25. The molecule has 1 aliphatic rings. The maximum atomic E-state index is 14.6. The fourth-order valence-electron chi connectivity index (χ4n) is 4.40. The maximum Gasteiger partial charge on any atom is 0.416 e. The molecule has 1 aliphatic carbocycles. The number of ketones is 1. The molecule has 0 spiro atoms. The molecule has 35 heavy (non-hydrogen) atoms. The van der Waals surface area contributed by atoms with E-state index in [2.05, 4.69) is 10.3 Å². The Hall–Kier alpha value is -3.26. The number of nitrogens with zero attached hydrogens (tertiary/aromatic N) is 1. The van der Waals surface area contributed by atoms with E-state index in [4.69, 9.17) is 11.6 Å². The molecule has 1 heterocycles. The average molecular weight is 505 g/mol. The highest BCUT2D eigenvalue weighted by atomic mass is 35.5. The molecule has 182 valence electrons. The maximum absolute atomic E-state index is 14.6. The summed E-state index contributed by atoms with van der Waals surface area (Å²) in [4.78, 5) is 29.5. The minimum absolute atomic E-state index is 0.0182. The van der Waals surface area contributed by atoms with Crippen LogP contribution in [0.25, 0.3) is 0 Å². The van der Waals surface area contributed by atoms with Crippen LogP contribution in [0, 0.1) is 11.7 Å². The predicted molar refractivity (Wildman–Crippen MR) is 122 cm³/mol. The lowest BCUT2D eigenvalue weighted by atomic mass is 9.79. The van der Waals surface area contributed by atoms with Gasteiger partial charge in [0.25, 0.3) is 0 Å². The molecule has 0 aliphatic heterocycles. The molecular weight excluding hydrogens is 484 g/mol. The first-order valence-electron chi connectivity index (χ1n) is 10.9. The van der Waals surface area contributed by atoms with Gasteiger partial charge in [0.15, 0.2) is 0 Å². The van der Waals surface area contributed by atoms with Gasteiger partial charge >= 0.3 is 6.18 Å². The summed E-state index contributed by atoms with van der Waals surface area (Å²) >= 11 is 6.01. The first-order valence-corrected chi connectivity index (χ1v) is 11.3. The zero-order chi connectivity index (χ0) is 25.2. The van der Waals surface area contributed by atoms with E-state index >= 15 is 0 Å². The zero-order valence-corrected chi connectivity index (χ0v) is 19.2. The number of carbonyl (C=O) groups is 2. The second kappa shape index (κ2) is 9.77. The second-order valence-corrected chi connectivity index (χ2v) is 9.06. The van der Waals surface area contributed by atoms with Crippen molar-refractivity contribution in [2.75, 3.05) is 0 Å². The van der Waals surface area contributed by atoms with Crippen molar-refractivity contribution in [2.45, 2.75) is 37.4 Å². The van der Waals surface area contributed by atoms with Crippen molar-refractivity contribution in [1.29, 1.82) is 0 Å². The van der Waals surface area contributed by atoms with E-state index in [-0.39, 0.29) is 41.3 Å². The van der Waals surface area contributed by atoms with Gasteiger partial charge in [0.1, 0.15) is 17.1 Å². The first-order chi connectivity index (χ1) is 16.6. The Balaban J connectivity index is 1.93. The molecule has 1 N–H and O–H groups in total. The van der Waals surface area contributed by atoms with Gasteiger partial charge in [-0.1, -0.05) is 41.9 Å². The Labute approximate surface area is 204 Å². The molecule has 0 saturated heterocycles. The summed E-state index contributed by atoms with van der Waals surface area (Å²) in [7, 11) is 0. The summed E-state index contributed by atoms with van der Waals surface area (Å²) in [5.74, 6) is -2.32. The number of aromatic nitrogens is 1. The third-order valence-electron chi connectivity index (χ3n) is 6.15. The lowest BCUT2D eigenvalue weighted by Crippen LogP contribution is -2.51. The summed E-state index contributed by atoms with van der Waals surface area (Å²) in [6, 6.07) is 14.0. The van der Waals surface area contributed by atoms with Crippen LogP contribution in [-0.4, -0.2) is 16.7 Å². The van der Waals surface area contributed by atoms with Gasteiger partial charge in [-0.25, -0.2) is 4.39 Å². The van der Waals surface area contributed by atoms with Gasteiger partial charge in [-0.3, -0.25) is 14.6 Å². The van der Waals surface area contributed by atoms with Crippen LogP contribution >= 0.6 is 11.6 Å². The van der Waals surface area contributed by atoms with Crippen molar-refractivity contribution in [3.05, 3.63) is 100 Å². The van der Waals surface area contributed by atoms with E-state index in [1.807, 2.05) is 0 Å². The Bertz CT molecular complexity index is 1230. The van der Waals surface area contributed by atoms with Gasteiger partial charge in [-0.2, -0.15) is 13.2 Å². The van der Waals surface area contributed by atoms with Gasteiger partial charge < -0.3 is 5.32 Å². The van der Waals surface area contributed by atoms with Crippen molar-refractivity contribution in [3.63, 3.8) is 0 Å². The van der Waals surface area contributed by atoms with Crippen LogP contribution in [0.5, 0.6) is 0 Å². The van der Waals surface area contributed by atoms with Crippen LogP contribution in [0.4, 0.5) is 17.6 Å². The normalized spacial score (nSPS) is 17.7. The number of alkyl halides is 3. The Morgan fingerprint density at radius 1 is 1.06 bits per heavy atom. The van der Waals surface area contributed by atoms with E-state index in [9.17, 15) is 27.2 Å². The molecule has 4 rings (SSSR count). The highest BCUT2D eigenvalue weighted by Gasteiger charge is 2.42. The summed E-state index contributed by atoms with van der Waals surface area (Å²) in [5, 5.41) is 3.15. The molecule has 1 amide bonds. The summed E-state index contributed by atoms with van der Waals surface area (Å²) in [6.45, 7) is 0. The Morgan fingerprint density at radius 3 is 2.37 bits per heavy atom. The molecule has 1 fully saturated rings. The van der Waals surface area contributed by atoms with Crippen LogP contribution in [-0.2, 0) is 27.7 Å². The molecule has 0 bridgehead atoms. The fraction of sp³-hybridized carbons (Fsp3) is 0.269. The largest absolute Gasteiger partial charge is 0.416 e. The van der Waals surface area contributed by atoms with Crippen molar-refractivity contribution in [2.24, 2.45) is 5.92 Å². The molecule has 2 atom stereocenters. The smallest absolute Gasteiger partial charge is 0.340 e. The number of halogens is 5. The topological polar surface area (TPSA) is 59.1 Å². The fourth-order valence-corrected chi connectivity index (χ4v) is 4.51. The van der Waals surface area contributed by atoms with Crippen molar-refractivity contribution in [1.82, 2.24) is 10.3 Å². The highest BCUT2D eigenvalue weighted by molar-refractivity contribution is 6.30. The number of pyridine rings is 1. The number of hydrogen-bond acceptors (Lipinski definition) is 3. The van der Waals surface area contributed by atoms with E-state index in [1.165, 1.54) is 18.3 Å². The van der Waals surface area contributed by atoms with E-state index < -0.39 is 34.9 Å². The molecule has 1 saturated carbocycles. The van der Waals surface area contributed by atoms with Crippen LogP contribution < -0.4 is 5.32 Å². The SMILES string of the molecule is O=C1CCC(C(=O)NC(Cc2ccccc2)(c2cc(F)cc(C(F)(F)F)c2)c2ccc(Cl)cn2)C1. The molecule has 0 radical (unpaired) electrons. The van der Waals surface area contributed by atoms with Gasteiger partial charge in [-0.15, -0.1) is 0 Å². The number of benzene rings is 2. The van der Waals surface area contributed by atoms with Crippen molar-refractivity contribution in [3.8, 4) is 0 Å². The van der Waals surface area contributed by atoms with Gasteiger partial charge in [0.05, 0.1) is 16.3 Å². The molecule has 1 aromatic heterocycles. The summed E-state index contributed by atoms with van der Waals surface area (Å²) < 4.78 is 55.5. The number of rotatable bonds is 6. The summed E-state index contributed by atoms with van der Waals surface area (Å²) in [5.41, 5.74) is -2.13. The van der Waals surface area contributed by atoms with E-state index in [0.29, 0.717) is 18.1 Å².